The van der Waals surface area contributed by atoms with Gasteiger partial charge in [-0.05, 0) is 67.6 Å². The van der Waals surface area contributed by atoms with Gasteiger partial charge >= 0.3 is 5.97 Å². The van der Waals surface area contributed by atoms with Gasteiger partial charge in [-0.3, -0.25) is 4.79 Å². The Morgan fingerprint density at radius 2 is 2.00 bits per heavy atom. The molecule has 3 heteroatoms. The molecule has 120 valence electrons. The van der Waals surface area contributed by atoms with Crippen LogP contribution in [0.15, 0.2) is 47.0 Å². The maximum Gasteiger partial charge on any atom is 0.314 e. The summed E-state index contributed by atoms with van der Waals surface area (Å²) in [5.41, 5.74) is 2.91. The number of carbonyl (C=O) groups excluding carboxylic acids is 1. The number of ether oxygens (including phenoxy) is 1. The van der Waals surface area contributed by atoms with Crippen molar-refractivity contribution >= 4 is 32.7 Å². The lowest BCUT2D eigenvalue weighted by molar-refractivity contribution is -0.156. The molecule has 2 aromatic carbocycles. The summed E-state index contributed by atoms with van der Waals surface area (Å²) < 4.78 is 6.68. The van der Waals surface area contributed by atoms with E-state index in [2.05, 4.69) is 46.8 Å². The van der Waals surface area contributed by atoms with Gasteiger partial charge in [0.25, 0.3) is 0 Å². The quantitative estimate of drug-likeness (QED) is 0.485. The summed E-state index contributed by atoms with van der Waals surface area (Å²) in [4.78, 5) is 12.6. The molecule has 1 atom stereocenters. The van der Waals surface area contributed by atoms with Gasteiger partial charge in [0.1, 0.15) is 5.60 Å². The first-order valence-corrected chi connectivity index (χ1v) is 8.64. The van der Waals surface area contributed by atoms with E-state index >= 15 is 0 Å². The van der Waals surface area contributed by atoms with Gasteiger partial charge in [-0.2, -0.15) is 0 Å². The van der Waals surface area contributed by atoms with E-state index in [4.69, 9.17) is 4.74 Å². The number of fused-ring (bicyclic) bond motifs is 3. The Balaban J connectivity index is 2.09. The Labute approximate surface area is 145 Å². The first kappa shape index (κ1) is 16.3. The Morgan fingerprint density at radius 3 is 2.70 bits per heavy atom. The van der Waals surface area contributed by atoms with Gasteiger partial charge in [0, 0.05) is 4.47 Å². The van der Waals surface area contributed by atoms with Crippen LogP contribution in [-0.4, -0.2) is 11.6 Å². The van der Waals surface area contributed by atoms with Gasteiger partial charge < -0.3 is 4.74 Å². The number of carbonyl (C=O) groups is 1. The number of allylic oxidation sites excluding steroid dienone is 1. The van der Waals surface area contributed by atoms with Crippen LogP contribution in [0.1, 0.15) is 44.2 Å². The Kier molecular flexibility index (Phi) is 4.09. The lowest BCUT2D eigenvalue weighted by Crippen LogP contribution is -2.30. The number of esters is 1. The molecule has 0 amide bonds. The molecule has 0 bridgehead atoms. The lowest BCUT2D eigenvalue weighted by Gasteiger charge is -2.30. The lowest BCUT2D eigenvalue weighted by atomic mass is 9.78. The van der Waals surface area contributed by atoms with E-state index in [-0.39, 0.29) is 11.9 Å². The van der Waals surface area contributed by atoms with Crippen LogP contribution in [0.25, 0.3) is 10.8 Å². The predicted octanol–water partition coefficient (Wildman–Crippen LogP) is 5.53. The maximum absolute atomic E-state index is 12.6. The van der Waals surface area contributed by atoms with E-state index in [0.717, 1.165) is 22.0 Å². The fraction of sp³-hybridized carbons (Fsp3) is 0.350. The normalized spacial score (nSPS) is 17.9. The first-order chi connectivity index (χ1) is 10.7. The van der Waals surface area contributed by atoms with Crippen molar-refractivity contribution in [3.8, 4) is 0 Å². The van der Waals surface area contributed by atoms with E-state index in [1.54, 1.807) is 0 Å². The van der Waals surface area contributed by atoms with Gasteiger partial charge in [-0.15, -0.1) is 0 Å². The van der Waals surface area contributed by atoms with Gasteiger partial charge in [0.05, 0.1) is 5.92 Å². The highest BCUT2D eigenvalue weighted by atomic mass is 79.9. The van der Waals surface area contributed by atoms with Crippen molar-refractivity contribution in [2.45, 2.75) is 45.1 Å². The summed E-state index contributed by atoms with van der Waals surface area (Å²) in [5.74, 6) is -0.408. The smallest absolute Gasteiger partial charge is 0.314 e. The summed E-state index contributed by atoms with van der Waals surface area (Å²) in [5, 5.41) is 2.37. The molecule has 0 heterocycles. The fourth-order valence-electron chi connectivity index (χ4n) is 3.21. The van der Waals surface area contributed by atoms with Crippen LogP contribution in [0.3, 0.4) is 0 Å². The van der Waals surface area contributed by atoms with Crippen molar-refractivity contribution in [2.75, 3.05) is 0 Å². The van der Waals surface area contributed by atoms with Crippen LogP contribution in [-0.2, 0) is 16.0 Å². The van der Waals surface area contributed by atoms with Crippen LogP contribution in [0, 0.1) is 0 Å². The molecule has 1 aliphatic rings. The van der Waals surface area contributed by atoms with E-state index in [1.807, 2.05) is 26.8 Å². The number of benzene rings is 2. The molecule has 2 aromatic rings. The number of rotatable bonds is 1. The summed E-state index contributed by atoms with van der Waals surface area (Å²) in [6, 6.07) is 10.4. The standard InChI is InChI=1S/C20H21BrO2/c1-12-9-17-15-8-6-14(21)11-13(15)5-7-16(17)18(10-12)19(22)23-20(2,3)4/h5-8,11,18H,1,9-10H2,2-4H3. The molecule has 0 radical (unpaired) electrons. The second-order valence-corrected chi connectivity index (χ2v) is 8.13. The third-order valence-electron chi connectivity index (χ3n) is 4.12. The molecule has 0 N–H and O–H groups in total. The summed E-state index contributed by atoms with van der Waals surface area (Å²) in [6.45, 7) is 9.86. The van der Waals surface area contributed by atoms with Crippen molar-refractivity contribution in [1.29, 1.82) is 0 Å². The molecule has 1 unspecified atom stereocenters. The Bertz CT molecular complexity index is 799. The first-order valence-electron chi connectivity index (χ1n) is 7.85. The highest BCUT2D eigenvalue weighted by molar-refractivity contribution is 9.10. The molecular weight excluding hydrogens is 352 g/mol. The second-order valence-electron chi connectivity index (χ2n) is 7.22. The number of hydrogen-bond donors (Lipinski definition) is 0. The van der Waals surface area contributed by atoms with Crippen molar-refractivity contribution < 1.29 is 9.53 Å². The minimum absolute atomic E-state index is 0.156. The van der Waals surface area contributed by atoms with Crippen LogP contribution in [0.4, 0.5) is 0 Å². The molecule has 3 rings (SSSR count). The minimum atomic E-state index is -0.474. The minimum Gasteiger partial charge on any atom is -0.459 e. The van der Waals surface area contributed by atoms with E-state index in [1.165, 1.54) is 16.3 Å². The van der Waals surface area contributed by atoms with Crippen LogP contribution in [0.5, 0.6) is 0 Å². The molecule has 1 aliphatic carbocycles. The van der Waals surface area contributed by atoms with E-state index in [0.29, 0.717) is 6.42 Å². The molecule has 23 heavy (non-hydrogen) atoms. The zero-order valence-corrected chi connectivity index (χ0v) is 15.4. The maximum atomic E-state index is 12.6. The summed E-state index contributed by atoms with van der Waals surface area (Å²) >= 11 is 3.52. The van der Waals surface area contributed by atoms with Crippen LogP contribution >= 0.6 is 15.9 Å². The fourth-order valence-corrected chi connectivity index (χ4v) is 3.59. The Morgan fingerprint density at radius 1 is 1.26 bits per heavy atom. The van der Waals surface area contributed by atoms with Crippen molar-refractivity contribution in [1.82, 2.24) is 0 Å². The topological polar surface area (TPSA) is 26.3 Å². The largest absolute Gasteiger partial charge is 0.459 e. The molecule has 0 aromatic heterocycles. The SMILES string of the molecule is C=C1Cc2c(ccc3cc(Br)ccc23)C(C(=O)OC(C)(C)C)C1. The highest BCUT2D eigenvalue weighted by Gasteiger charge is 2.32. The highest BCUT2D eigenvalue weighted by Crippen LogP contribution is 2.39. The molecular formula is C20H21BrO2. The number of hydrogen-bond acceptors (Lipinski definition) is 2. The number of halogens is 1. The predicted molar refractivity (Wildman–Crippen MR) is 97.7 cm³/mol. The average Bonchev–Trinajstić information content (AvgIpc) is 2.43. The molecule has 2 nitrogen and oxygen atoms in total. The molecule has 0 fully saturated rings. The monoisotopic (exact) mass is 372 g/mol. The summed E-state index contributed by atoms with van der Waals surface area (Å²) in [6.07, 6.45) is 1.50. The van der Waals surface area contributed by atoms with Crippen LogP contribution < -0.4 is 0 Å². The summed E-state index contributed by atoms with van der Waals surface area (Å²) in [7, 11) is 0. The van der Waals surface area contributed by atoms with Gasteiger partial charge in [-0.1, -0.05) is 46.3 Å². The third-order valence-corrected chi connectivity index (χ3v) is 4.61. The molecule has 0 saturated carbocycles. The molecule has 0 aliphatic heterocycles. The van der Waals surface area contributed by atoms with E-state index < -0.39 is 5.60 Å². The molecule has 0 saturated heterocycles. The average molecular weight is 373 g/mol. The molecule has 0 spiro atoms. The van der Waals surface area contributed by atoms with Crippen molar-refractivity contribution in [3.05, 3.63) is 58.1 Å². The van der Waals surface area contributed by atoms with E-state index in [9.17, 15) is 4.79 Å². The van der Waals surface area contributed by atoms with Gasteiger partial charge in [0.2, 0.25) is 0 Å². The van der Waals surface area contributed by atoms with Gasteiger partial charge in [0.15, 0.2) is 0 Å². The van der Waals surface area contributed by atoms with Crippen molar-refractivity contribution in [3.63, 3.8) is 0 Å². The Hall–Kier alpha value is -1.61. The van der Waals surface area contributed by atoms with Crippen LogP contribution in [0.2, 0.25) is 0 Å². The second kappa shape index (κ2) is 5.79. The zero-order chi connectivity index (χ0) is 16.8. The van der Waals surface area contributed by atoms with Crippen molar-refractivity contribution in [2.24, 2.45) is 0 Å². The third kappa shape index (κ3) is 3.35. The van der Waals surface area contributed by atoms with Gasteiger partial charge in [-0.25, -0.2) is 0 Å². The zero-order valence-electron chi connectivity index (χ0n) is 13.8.